The summed E-state index contributed by atoms with van der Waals surface area (Å²) in [6.07, 6.45) is 1.62. The van der Waals surface area contributed by atoms with Crippen LogP contribution in [0.5, 0.6) is 11.5 Å². The van der Waals surface area contributed by atoms with Crippen LogP contribution in [0.25, 0.3) is 0 Å². The first-order valence-electron chi connectivity index (χ1n) is 11.2. The largest absolute Gasteiger partial charge is 0.457 e. The molecule has 2 aliphatic heterocycles. The van der Waals surface area contributed by atoms with Gasteiger partial charge in [0.1, 0.15) is 11.5 Å². The third-order valence-corrected chi connectivity index (χ3v) is 6.41. The number of rotatable bonds is 8. The fraction of sp³-hybridized carbons (Fsp3) is 0.375. The molecule has 180 valence electrons. The molecule has 10 heteroatoms. The topological polar surface area (TPSA) is 111 Å². The highest BCUT2D eigenvalue weighted by Crippen LogP contribution is 2.34. The standard InChI is InChI=1S/C24H27ClN4O5/c25-18-5-9-20(10-6-18)34-19-7-3-17(4-8-19)24(21(31)26-23(33)27-22(24)32)29-14-12-28(13-15-29)11-1-2-16-30/h3-10,30H,1-2,11-16H2,(H2,26,27,31,32,33). The number of piperazine rings is 1. The molecule has 0 bridgehead atoms. The molecular weight excluding hydrogens is 460 g/mol. The molecule has 9 nitrogen and oxygen atoms in total. The molecule has 4 rings (SSSR count). The van der Waals surface area contributed by atoms with Gasteiger partial charge in [-0.15, -0.1) is 0 Å². The summed E-state index contributed by atoms with van der Waals surface area (Å²) in [5.74, 6) is -0.201. The molecule has 2 aromatic carbocycles. The van der Waals surface area contributed by atoms with Crippen LogP contribution >= 0.6 is 11.6 Å². The van der Waals surface area contributed by atoms with Crippen molar-refractivity contribution in [2.75, 3.05) is 39.3 Å². The highest BCUT2D eigenvalue weighted by molar-refractivity contribution is 6.30. The SMILES string of the molecule is O=C1NC(=O)C(c2ccc(Oc3ccc(Cl)cc3)cc2)(N2CCN(CCCCO)CC2)C(=O)N1. The minimum absolute atomic E-state index is 0.162. The van der Waals surface area contributed by atoms with Crippen molar-refractivity contribution >= 4 is 29.4 Å². The van der Waals surface area contributed by atoms with Crippen LogP contribution in [0.2, 0.25) is 5.02 Å². The molecule has 0 aliphatic carbocycles. The maximum absolute atomic E-state index is 13.2. The van der Waals surface area contributed by atoms with Gasteiger partial charge in [0.05, 0.1) is 0 Å². The molecule has 0 unspecified atom stereocenters. The third-order valence-electron chi connectivity index (χ3n) is 6.16. The molecule has 0 spiro atoms. The molecule has 0 atom stereocenters. The minimum atomic E-state index is -1.66. The number of imide groups is 2. The molecule has 3 N–H and O–H groups in total. The second-order valence-corrected chi connectivity index (χ2v) is 8.72. The second kappa shape index (κ2) is 10.5. The Morgan fingerprint density at radius 1 is 0.853 bits per heavy atom. The van der Waals surface area contributed by atoms with E-state index >= 15 is 0 Å². The molecule has 34 heavy (non-hydrogen) atoms. The molecule has 2 saturated heterocycles. The normalized spacial score (nSPS) is 18.9. The van der Waals surface area contributed by atoms with E-state index in [2.05, 4.69) is 15.5 Å². The van der Waals surface area contributed by atoms with Crippen molar-refractivity contribution in [2.45, 2.75) is 18.4 Å². The number of barbiturate groups is 1. The van der Waals surface area contributed by atoms with Crippen molar-refractivity contribution in [3.05, 3.63) is 59.1 Å². The Hall–Kier alpha value is -2.98. The van der Waals surface area contributed by atoms with Crippen LogP contribution < -0.4 is 15.4 Å². The summed E-state index contributed by atoms with van der Waals surface area (Å²) >= 11 is 5.92. The number of urea groups is 1. The number of nitrogens with one attached hydrogen (secondary N) is 2. The lowest BCUT2D eigenvalue weighted by molar-refractivity contribution is -0.150. The molecular formula is C24H27ClN4O5. The minimum Gasteiger partial charge on any atom is -0.457 e. The smallest absolute Gasteiger partial charge is 0.328 e. The Bertz CT molecular complexity index is 1020. The van der Waals surface area contributed by atoms with Crippen molar-refractivity contribution in [1.82, 2.24) is 20.4 Å². The lowest BCUT2D eigenvalue weighted by Gasteiger charge is -2.46. The number of aliphatic hydroxyl groups excluding tert-OH is 1. The van der Waals surface area contributed by atoms with Gasteiger partial charge in [-0.05, 0) is 61.3 Å². The maximum atomic E-state index is 13.2. The number of nitrogens with zero attached hydrogens (tertiary/aromatic N) is 2. The predicted molar refractivity (Wildman–Crippen MR) is 126 cm³/mol. The van der Waals surface area contributed by atoms with E-state index in [4.69, 9.17) is 21.4 Å². The number of aliphatic hydroxyl groups is 1. The van der Waals surface area contributed by atoms with Gasteiger partial charge in [0.25, 0.3) is 11.8 Å². The molecule has 2 aromatic rings. The molecule has 0 aromatic heterocycles. The van der Waals surface area contributed by atoms with Gasteiger partial charge in [-0.25, -0.2) is 4.79 Å². The number of carbonyl (C=O) groups excluding carboxylic acids is 3. The first-order valence-corrected chi connectivity index (χ1v) is 11.6. The summed E-state index contributed by atoms with van der Waals surface area (Å²) in [6, 6.07) is 12.8. The zero-order valence-corrected chi connectivity index (χ0v) is 19.4. The van der Waals surface area contributed by atoms with E-state index < -0.39 is 23.4 Å². The van der Waals surface area contributed by atoms with Crippen LogP contribution in [0.3, 0.4) is 0 Å². The molecule has 2 heterocycles. The monoisotopic (exact) mass is 486 g/mol. The van der Waals surface area contributed by atoms with Crippen molar-refractivity contribution in [3.63, 3.8) is 0 Å². The Kier molecular flexibility index (Phi) is 7.47. The zero-order chi connectivity index (χ0) is 24.1. The van der Waals surface area contributed by atoms with Gasteiger partial charge in [0.15, 0.2) is 0 Å². The summed E-state index contributed by atoms with van der Waals surface area (Å²) in [6.45, 7) is 3.28. The molecule has 2 fully saturated rings. The molecule has 0 saturated carbocycles. The number of carbonyl (C=O) groups is 3. The molecule has 2 aliphatic rings. The van der Waals surface area contributed by atoms with Crippen LogP contribution in [0.15, 0.2) is 48.5 Å². The number of hydrogen-bond donors (Lipinski definition) is 3. The summed E-state index contributed by atoms with van der Waals surface area (Å²) in [4.78, 5) is 42.3. The van der Waals surface area contributed by atoms with E-state index in [0.717, 1.165) is 19.4 Å². The average Bonchev–Trinajstić information content (AvgIpc) is 2.82. The van der Waals surface area contributed by atoms with Crippen LogP contribution in [0.1, 0.15) is 18.4 Å². The van der Waals surface area contributed by atoms with E-state index in [-0.39, 0.29) is 6.61 Å². The third kappa shape index (κ3) is 4.92. The lowest BCUT2D eigenvalue weighted by Crippen LogP contribution is -2.72. The summed E-state index contributed by atoms with van der Waals surface area (Å²) in [5.41, 5.74) is -1.21. The van der Waals surface area contributed by atoms with Gasteiger partial charge in [-0.2, -0.15) is 0 Å². The van der Waals surface area contributed by atoms with Gasteiger partial charge < -0.3 is 14.7 Å². The van der Waals surface area contributed by atoms with Crippen molar-refractivity contribution in [2.24, 2.45) is 0 Å². The van der Waals surface area contributed by atoms with E-state index in [1.165, 1.54) is 0 Å². The Balaban J connectivity index is 1.57. The van der Waals surface area contributed by atoms with Crippen molar-refractivity contribution in [1.29, 1.82) is 0 Å². The lowest BCUT2D eigenvalue weighted by atomic mass is 9.84. The van der Waals surface area contributed by atoms with E-state index in [1.54, 1.807) is 48.5 Å². The highest BCUT2D eigenvalue weighted by Gasteiger charge is 2.56. The van der Waals surface area contributed by atoms with Crippen molar-refractivity contribution in [3.8, 4) is 11.5 Å². The van der Waals surface area contributed by atoms with Crippen LogP contribution in [0.4, 0.5) is 4.79 Å². The number of halogens is 1. The van der Waals surface area contributed by atoms with Gasteiger partial charge in [0.2, 0.25) is 5.54 Å². The Morgan fingerprint density at radius 2 is 1.41 bits per heavy atom. The quantitative estimate of drug-likeness (QED) is 0.387. The maximum Gasteiger partial charge on any atom is 0.328 e. The zero-order valence-electron chi connectivity index (χ0n) is 18.6. The Labute approximate surface area is 202 Å². The van der Waals surface area contributed by atoms with Gasteiger partial charge in [0, 0.05) is 37.8 Å². The van der Waals surface area contributed by atoms with E-state index in [1.807, 2.05) is 4.90 Å². The molecule has 0 radical (unpaired) electrons. The first kappa shape index (κ1) is 24.2. The predicted octanol–water partition coefficient (Wildman–Crippen LogP) is 2.08. The van der Waals surface area contributed by atoms with Gasteiger partial charge >= 0.3 is 6.03 Å². The number of hydrogen-bond acceptors (Lipinski definition) is 7. The van der Waals surface area contributed by atoms with E-state index in [0.29, 0.717) is 48.3 Å². The highest BCUT2D eigenvalue weighted by atomic mass is 35.5. The number of amides is 4. The van der Waals surface area contributed by atoms with Crippen LogP contribution in [-0.2, 0) is 15.1 Å². The fourth-order valence-electron chi connectivity index (χ4n) is 4.41. The second-order valence-electron chi connectivity index (χ2n) is 8.29. The van der Waals surface area contributed by atoms with Crippen LogP contribution in [0, 0.1) is 0 Å². The first-order chi connectivity index (χ1) is 16.4. The number of unbranched alkanes of at least 4 members (excludes halogenated alkanes) is 1. The van der Waals surface area contributed by atoms with Crippen molar-refractivity contribution < 1.29 is 24.2 Å². The fourth-order valence-corrected chi connectivity index (χ4v) is 4.54. The molecule has 4 amide bonds. The van der Waals surface area contributed by atoms with Gasteiger partial charge in [-0.3, -0.25) is 25.1 Å². The van der Waals surface area contributed by atoms with Crippen LogP contribution in [-0.4, -0.2) is 72.1 Å². The number of benzene rings is 2. The summed E-state index contributed by atoms with van der Waals surface area (Å²) < 4.78 is 5.83. The average molecular weight is 487 g/mol. The summed E-state index contributed by atoms with van der Waals surface area (Å²) in [7, 11) is 0. The summed E-state index contributed by atoms with van der Waals surface area (Å²) in [5, 5.41) is 14.1. The number of ether oxygens (including phenoxy) is 1. The van der Waals surface area contributed by atoms with Gasteiger partial charge in [-0.1, -0.05) is 23.7 Å². The van der Waals surface area contributed by atoms with E-state index in [9.17, 15) is 14.4 Å². The Morgan fingerprint density at radius 3 is 1.97 bits per heavy atom.